The van der Waals surface area contributed by atoms with Gasteiger partial charge in [0.1, 0.15) is 0 Å². The molecule has 5 nitrogen and oxygen atoms in total. The van der Waals surface area contributed by atoms with Crippen molar-refractivity contribution >= 4 is 5.91 Å². The van der Waals surface area contributed by atoms with E-state index in [9.17, 15) is 4.79 Å². The molecule has 1 saturated carbocycles. The molecule has 0 aromatic heterocycles. The van der Waals surface area contributed by atoms with Gasteiger partial charge in [0.05, 0.1) is 12.6 Å². The zero-order chi connectivity index (χ0) is 13.0. The number of rotatable bonds is 7. The lowest BCUT2D eigenvalue weighted by Crippen LogP contribution is -2.52. The van der Waals surface area contributed by atoms with Gasteiger partial charge in [-0.3, -0.25) is 4.79 Å². The highest BCUT2D eigenvalue weighted by Crippen LogP contribution is 2.21. The Kier molecular flexibility index (Phi) is 4.97. The van der Waals surface area contributed by atoms with Crippen LogP contribution in [0.3, 0.4) is 0 Å². The standard InChI is InChI=1S/C13H25N3O2/c1-18-9-10-3-2-6-16(7-10)8-12(13(14)17)15-11-4-5-11/h10-12,15H,2-9H2,1H3,(H2,14,17). The minimum absolute atomic E-state index is 0.196. The first-order valence-electron chi connectivity index (χ1n) is 6.95. The van der Waals surface area contributed by atoms with E-state index in [-0.39, 0.29) is 11.9 Å². The smallest absolute Gasteiger partial charge is 0.235 e. The van der Waals surface area contributed by atoms with Gasteiger partial charge < -0.3 is 20.7 Å². The fraction of sp³-hybridized carbons (Fsp3) is 0.923. The Morgan fingerprint density at radius 1 is 1.50 bits per heavy atom. The molecule has 5 heteroatoms. The summed E-state index contributed by atoms with van der Waals surface area (Å²) in [5.74, 6) is 0.369. The highest BCUT2D eigenvalue weighted by molar-refractivity contribution is 5.80. The Bertz CT molecular complexity index is 279. The molecule has 0 spiro atoms. The zero-order valence-corrected chi connectivity index (χ0v) is 11.2. The van der Waals surface area contributed by atoms with Crippen LogP contribution in [0.15, 0.2) is 0 Å². The average molecular weight is 255 g/mol. The number of piperidine rings is 1. The number of hydrogen-bond donors (Lipinski definition) is 2. The number of nitrogens with two attached hydrogens (primary N) is 1. The van der Waals surface area contributed by atoms with E-state index < -0.39 is 0 Å². The summed E-state index contributed by atoms with van der Waals surface area (Å²) < 4.78 is 5.22. The number of hydrogen-bond acceptors (Lipinski definition) is 4. The molecule has 2 fully saturated rings. The van der Waals surface area contributed by atoms with E-state index >= 15 is 0 Å². The lowest BCUT2D eigenvalue weighted by molar-refractivity contribution is -0.120. The highest BCUT2D eigenvalue weighted by Gasteiger charge is 2.29. The lowest BCUT2D eigenvalue weighted by Gasteiger charge is -2.34. The third-order valence-electron chi connectivity index (χ3n) is 3.80. The molecular formula is C13H25N3O2. The van der Waals surface area contributed by atoms with Crippen molar-refractivity contribution in [2.24, 2.45) is 11.7 Å². The van der Waals surface area contributed by atoms with E-state index in [0.717, 1.165) is 26.2 Å². The Morgan fingerprint density at radius 2 is 2.28 bits per heavy atom. The predicted molar refractivity (Wildman–Crippen MR) is 70.2 cm³/mol. The van der Waals surface area contributed by atoms with Crippen molar-refractivity contribution in [2.75, 3.05) is 33.4 Å². The summed E-state index contributed by atoms with van der Waals surface area (Å²) in [5, 5.41) is 3.34. The van der Waals surface area contributed by atoms with Crippen molar-refractivity contribution in [3.63, 3.8) is 0 Å². The van der Waals surface area contributed by atoms with E-state index in [1.807, 2.05) is 0 Å². The predicted octanol–water partition coefficient (Wildman–Crippen LogP) is -0.0493. The Balaban J connectivity index is 1.79. The summed E-state index contributed by atoms with van der Waals surface area (Å²) in [6.07, 6.45) is 4.76. The molecule has 2 unspecified atom stereocenters. The number of nitrogens with one attached hydrogen (secondary N) is 1. The van der Waals surface area contributed by atoms with Gasteiger partial charge in [-0.2, -0.15) is 0 Å². The minimum Gasteiger partial charge on any atom is -0.384 e. The molecule has 2 aliphatic rings. The first-order chi connectivity index (χ1) is 8.69. The second-order valence-corrected chi connectivity index (χ2v) is 5.62. The lowest BCUT2D eigenvalue weighted by atomic mass is 9.98. The number of amides is 1. The van der Waals surface area contributed by atoms with E-state index in [1.165, 1.54) is 25.7 Å². The third-order valence-corrected chi connectivity index (χ3v) is 3.80. The van der Waals surface area contributed by atoms with Crippen LogP contribution >= 0.6 is 0 Å². The number of carbonyl (C=O) groups is 1. The zero-order valence-electron chi connectivity index (χ0n) is 11.2. The molecule has 2 atom stereocenters. The van der Waals surface area contributed by atoms with Crippen LogP contribution in [-0.4, -0.2) is 56.2 Å². The van der Waals surface area contributed by atoms with Crippen molar-refractivity contribution in [3.8, 4) is 0 Å². The average Bonchev–Trinajstić information content (AvgIpc) is 3.13. The van der Waals surface area contributed by atoms with Gasteiger partial charge in [-0.15, -0.1) is 0 Å². The Hall–Kier alpha value is -0.650. The molecule has 0 aromatic carbocycles. The molecular weight excluding hydrogens is 230 g/mol. The molecule has 0 radical (unpaired) electrons. The van der Waals surface area contributed by atoms with Gasteiger partial charge >= 0.3 is 0 Å². The summed E-state index contributed by atoms with van der Waals surface area (Å²) in [5.41, 5.74) is 5.47. The summed E-state index contributed by atoms with van der Waals surface area (Å²) in [6.45, 7) is 3.64. The van der Waals surface area contributed by atoms with Crippen LogP contribution in [0.5, 0.6) is 0 Å². The quantitative estimate of drug-likeness (QED) is 0.669. The summed E-state index contributed by atoms with van der Waals surface area (Å²) in [7, 11) is 1.75. The van der Waals surface area contributed by atoms with Crippen LogP contribution in [0.4, 0.5) is 0 Å². The number of likely N-dealkylation sites (tertiary alicyclic amines) is 1. The van der Waals surface area contributed by atoms with Gasteiger partial charge in [0.15, 0.2) is 0 Å². The summed E-state index contributed by atoms with van der Waals surface area (Å²) in [6, 6.07) is 0.320. The van der Waals surface area contributed by atoms with Crippen LogP contribution in [0.1, 0.15) is 25.7 Å². The van der Waals surface area contributed by atoms with Crippen molar-refractivity contribution in [2.45, 2.75) is 37.8 Å². The van der Waals surface area contributed by atoms with Crippen molar-refractivity contribution < 1.29 is 9.53 Å². The number of carbonyl (C=O) groups excluding carboxylic acids is 1. The van der Waals surface area contributed by atoms with Gasteiger partial charge in [-0.05, 0) is 38.1 Å². The minimum atomic E-state index is -0.226. The van der Waals surface area contributed by atoms with Gasteiger partial charge in [0.2, 0.25) is 5.91 Å². The van der Waals surface area contributed by atoms with Crippen LogP contribution in [-0.2, 0) is 9.53 Å². The fourth-order valence-electron chi connectivity index (χ4n) is 2.71. The van der Waals surface area contributed by atoms with E-state index in [0.29, 0.717) is 12.0 Å². The Labute approximate surface area is 109 Å². The largest absolute Gasteiger partial charge is 0.384 e. The van der Waals surface area contributed by atoms with E-state index in [1.54, 1.807) is 7.11 Å². The molecule has 1 amide bonds. The molecule has 3 N–H and O–H groups in total. The van der Waals surface area contributed by atoms with E-state index in [2.05, 4.69) is 10.2 Å². The molecule has 1 aliphatic carbocycles. The first-order valence-corrected chi connectivity index (χ1v) is 6.95. The fourth-order valence-corrected chi connectivity index (χ4v) is 2.71. The van der Waals surface area contributed by atoms with Crippen LogP contribution in [0.2, 0.25) is 0 Å². The van der Waals surface area contributed by atoms with Crippen molar-refractivity contribution in [3.05, 3.63) is 0 Å². The van der Waals surface area contributed by atoms with Gasteiger partial charge in [-0.25, -0.2) is 0 Å². The maximum atomic E-state index is 11.5. The monoisotopic (exact) mass is 255 g/mol. The van der Waals surface area contributed by atoms with Crippen LogP contribution in [0, 0.1) is 5.92 Å². The maximum Gasteiger partial charge on any atom is 0.235 e. The number of nitrogens with zero attached hydrogens (tertiary/aromatic N) is 1. The summed E-state index contributed by atoms with van der Waals surface area (Å²) in [4.78, 5) is 13.8. The molecule has 18 heavy (non-hydrogen) atoms. The van der Waals surface area contributed by atoms with Gasteiger partial charge in [0.25, 0.3) is 0 Å². The van der Waals surface area contributed by atoms with Crippen molar-refractivity contribution in [1.82, 2.24) is 10.2 Å². The van der Waals surface area contributed by atoms with Crippen LogP contribution in [0.25, 0.3) is 0 Å². The number of methoxy groups -OCH3 is 1. The van der Waals surface area contributed by atoms with Gasteiger partial charge in [-0.1, -0.05) is 0 Å². The summed E-state index contributed by atoms with van der Waals surface area (Å²) >= 11 is 0. The second-order valence-electron chi connectivity index (χ2n) is 5.62. The molecule has 0 aromatic rings. The first kappa shape index (κ1) is 13.8. The third kappa shape index (κ3) is 4.23. The normalized spacial score (nSPS) is 27.1. The number of primary amides is 1. The topological polar surface area (TPSA) is 67.6 Å². The molecule has 1 saturated heterocycles. The Morgan fingerprint density at radius 3 is 2.89 bits per heavy atom. The maximum absolute atomic E-state index is 11.5. The molecule has 0 bridgehead atoms. The highest BCUT2D eigenvalue weighted by atomic mass is 16.5. The van der Waals surface area contributed by atoms with E-state index in [4.69, 9.17) is 10.5 Å². The number of ether oxygens (including phenoxy) is 1. The SMILES string of the molecule is COCC1CCCN(CC(NC2CC2)C(N)=O)C1. The molecule has 2 rings (SSSR count). The van der Waals surface area contributed by atoms with Crippen LogP contribution < -0.4 is 11.1 Å². The van der Waals surface area contributed by atoms with Crippen molar-refractivity contribution in [1.29, 1.82) is 0 Å². The molecule has 1 heterocycles. The second kappa shape index (κ2) is 6.50. The van der Waals surface area contributed by atoms with Gasteiger partial charge in [0, 0.05) is 26.2 Å². The molecule has 104 valence electrons. The molecule has 1 aliphatic heterocycles.